The maximum Gasteiger partial charge on any atom is 0.273 e. The Morgan fingerprint density at radius 1 is 1.56 bits per heavy atom. The molecule has 0 aliphatic rings. The summed E-state index contributed by atoms with van der Waals surface area (Å²) in [6, 6.07) is 0. The Kier molecular flexibility index (Phi) is 5.64. The van der Waals surface area contributed by atoms with Gasteiger partial charge in [0.2, 0.25) is 0 Å². The number of nitrogens with zero attached hydrogens (tertiary/aromatic N) is 1. The molecule has 18 heavy (non-hydrogen) atoms. The number of nitrogens with two attached hydrogens (primary N) is 1. The van der Waals surface area contributed by atoms with Crippen molar-refractivity contribution in [2.24, 2.45) is 5.92 Å². The summed E-state index contributed by atoms with van der Waals surface area (Å²) in [5.41, 5.74) is 7.08. The van der Waals surface area contributed by atoms with Crippen molar-refractivity contribution in [3.8, 4) is 0 Å². The predicted octanol–water partition coefficient (Wildman–Crippen LogP) is 1.09. The highest BCUT2D eigenvalue weighted by atomic mass is 16.5. The van der Waals surface area contributed by atoms with Gasteiger partial charge in [-0.3, -0.25) is 9.89 Å². The first kappa shape index (κ1) is 14.5. The molecule has 0 saturated heterocycles. The van der Waals surface area contributed by atoms with Gasteiger partial charge in [0.15, 0.2) is 5.69 Å². The zero-order valence-corrected chi connectivity index (χ0v) is 11.2. The van der Waals surface area contributed by atoms with Crippen molar-refractivity contribution >= 4 is 11.6 Å². The highest BCUT2D eigenvalue weighted by molar-refractivity contribution is 5.97. The number of rotatable bonds is 7. The second kappa shape index (κ2) is 7.00. The summed E-state index contributed by atoms with van der Waals surface area (Å²) in [6.07, 6.45) is 0.780. The first-order valence-corrected chi connectivity index (χ1v) is 6.18. The van der Waals surface area contributed by atoms with Crippen LogP contribution in [0.3, 0.4) is 0 Å². The lowest BCUT2D eigenvalue weighted by Crippen LogP contribution is -2.26. The van der Waals surface area contributed by atoms with Crippen LogP contribution in [0.2, 0.25) is 0 Å². The molecule has 0 aliphatic carbocycles. The summed E-state index contributed by atoms with van der Waals surface area (Å²) < 4.78 is 5.41. The van der Waals surface area contributed by atoms with E-state index >= 15 is 0 Å². The zero-order chi connectivity index (χ0) is 13.5. The van der Waals surface area contributed by atoms with Gasteiger partial charge in [-0.15, -0.1) is 0 Å². The number of aromatic nitrogens is 2. The van der Waals surface area contributed by atoms with Gasteiger partial charge in [-0.2, -0.15) is 5.10 Å². The molecule has 0 fully saturated rings. The summed E-state index contributed by atoms with van der Waals surface area (Å²) in [7, 11) is 0. The van der Waals surface area contributed by atoms with E-state index in [0.717, 1.165) is 13.0 Å². The molecule has 0 radical (unpaired) electrons. The Morgan fingerprint density at radius 2 is 2.28 bits per heavy atom. The highest BCUT2D eigenvalue weighted by Gasteiger charge is 2.14. The Bertz CT molecular complexity index is 387. The number of hydrogen-bond donors (Lipinski definition) is 3. The van der Waals surface area contributed by atoms with Crippen molar-refractivity contribution < 1.29 is 9.53 Å². The minimum atomic E-state index is -0.249. The molecule has 4 N–H and O–H groups in total. The largest absolute Gasteiger partial charge is 0.395 e. The van der Waals surface area contributed by atoms with E-state index in [9.17, 15) is 4.79 Å². The number of nitrogen functional groups attached to an aromatic ring is 1. The van der Waals surface area contributed by atoms with Gasteiger partial charge in [0, 0.05) is 19.8 Å². The van der Waals surface area contributed by atoms with Crippen LogP contribution in [0.25, 0.3) is 0 Å². The molecule has 6 nitrogen and oxygen atoms in total. The number of ether oxygens (including phenoxy) is 1. The first-order valence-electron chi connectivity index (χ1n) is 6.18. The fourth-order valence-electron chi connectivity index (χ4n) is 1.39. The van der Waals surface area contributed by atoms with Crippen LogP contribution in [0.15, 0.2) is 0 Å². The molecular formula is C12H22N4O2. The predicted molar refractivity (Wildman–Crippen MR) is 70.3 cm³/mol. The van der Waals surface area contributed by atoms with E-state index in [1.54, 1.807) is 6.92 Å². The molecule has 1 aromatic heterocycles. The molecular weight excluding hydrogens is 232 g/mol. The van der Waals surface area contributed by atoms with Gasteiger partial charge in [-0.05, 0) is 19.3 Å². The lowest BCUT2D eigenvalue weighted by atomic mass is 10.2. The SMILES string of the molecule is Cc1[nH]nc(C(=O)NCCCOCC(C)C)c1N. The van der Waals surface area contributed by atoms with Crippen molar-refractivity contribution in [3.05, 3.63) is 11.4 Å². The molecule has 0 spiro atoms. The van der Waals surface area contributed by atoms with Gasteiger partial charge in [0.1, 0.15) is 0 Å². The van der Waals surface area contributed by atoms with Crippen molar-refractivity contribution in [1.82, 2.24) is 15.5 Å². The molecule has 1 heterocycles. The van der Waals surface area contributed by atoms with E-state index in [2.05, 4.69) is 29.4 Å². The number of amides is 1. The summed E-state index contributed by atoms with van der Waals surface area (Å²) in [4.78, 5) is 11.7. The van der Waals surface area contributed by atoms with Crippen molar-refractivity contribution in [3.63, 3.8) is 0 Å². The third kappa shape index (κ3) is 4.37. The number of anilines is 1. The lowest BCUT2D eigenvalue weighted by Gasteiger charge is -2.07. The summed E-state index contributed by atoms with van der Waals surface area (Å²) in [5.74, 6) is 0.284. The highest BCUT2D eigenvalue weighted by Crippen LogP contribution is 2.11. The van der Waals surface area contributed by atoms with Gasteiger partial charge in [0.25, 0.3) is 5.91 Å². The topological polar surface area (TPSA) is 93.0 Å². The molecule has 0 aliphatic heterocycles. The molecule has 0 saturated carbocycles. The Morgan fingerprint density at radius 3 is 2.83 bits per heavy atom. The second-order valence-electron chi connectivity index (χ2n) is 4.69. The number of aromatic amines is 1. The monoisotopic (exact) mass is 254 g/mol. The normalized spacial score (nSPS) is 10.9. The number of H-pyrrole nitrogens is 1. The van der Waals surface area contributed by atoms with Crippen LogP contribution in [-0.2, 0) is 4.74 Å². The summed E-state index contributed by atoms with van der Waals surface area (Å²) in [6.45, 7) is 7.93. The standard InChI is InChI=1S/C12H22N4O2/c1-8(2)7-18-6-4-5-14-12(17)11-10(13)9(3)15-16-11/h8H,4-7,13H2,1-3H3,(H,14,17)(H,15,16). The van der Waals surface area contributed by atoms with E-state index in [-0.39, 0.29) is 11.6 Å². The van der Waals surface area contributed by atoms with Crippen LogP contribution in [0.5, 0.6) is 0 Å². The molecule has 0 aromatic carbocycles. The summed E-state index contributed by atoms with van der Waals surface area (Å²) in [5, 5.41) is 9.30. The van der Waals surface area contributed by atoms with Crippen molar-refractivity contribution in [1.29, 1.82) is 0 Å². The third-order valence-corrected chi connectivity index (χ3v) is 2.41. The van der Waals surface area contributed by atoms with Gasteiger partial charge in [0.05, 0.1) is 11.4 Å². The van der Waals surface area contributed by atoms with Crippen LogP contribution in [0, 0.1) is 12.8 Å². The molecule has 6 heteroatoms. The lowest BCUT2D eigenvalue weighted by molar-refractivity contribution is 0.0921. The third-order valence-electron chi connectivity index (χ3n) is 2.41. The number of carbonyl (C=O) groups excluding carboxylic acids is 1. The minimum Gasteiger partial charge on any atom is -0.395 e. The minimum absolute atomic E-state index is 0.249. The van der Waals surface area contributed by atoms with Crippen LogP contribution in [0.1, 0.15) is 36.5 Å². The Hall–Kier alpha value is -1.56. The van der Waals surface area contributed by atoms with Crippen molar-refractivity contribution in [2.75, 3.05) is 25.5 Å². The second-order valence-corrected chi connectivity index (χ2v) is 4.69. The van der Waals surface area contributed by atoms with Gasteiger partial charge in [-0.25, -0.2) is 0 Å². The molecule has 0 bridgehead atoms. The Labute approximate surface area is 107 Å². The van der Waals surface area contributed by atoms with Gasteiger partial charge >= 0.3 is 0 Å². The first-order chi connectivity index (χ1) is 8.52. The molecule has 102 valence electrons. The molecule has 1 aromatic rings. The maximum atomic E-state index is 11.7. The summed E-state index contributed by atoms with van der Waals surface area (Å²) >= 11 is 0. The van der Waals surface area contributed by atoms with Gasteiger partial charge in [-0.1, -0.05) is 13.8 Å². The maximum absolute atomic E-state index is 11.7. The average Bonchev–Trinajstić information content (AvgIpc) is 2.64. The smallest absolute Gasteiger partial charge is 0.273 e. The van der Waals surface area contributed by atoms with Crippen LogP contribution in [-0.4, -0.2) is 35.9 Å². The molecule has 1 amide bonds. The van der Waals surface area contributed by atoms with E-state index < -0.39 is 0 Å². The van der Waals surface area contributed by atoms with E-state index in [1.165, 1.54) is 0 Å². The van der Waals surface area contributed by atoms with E-state index in [0.29, 0.717) is 30.5 Å². The van der Waals surface area contributed by atoms with Crippen LogP contribution < -0.4 is 11.1 Å². The average molecular weight is 254 g/mol. The van der Waals surface area contributed by atoms with E-state index in [4.69, 9.17) is 10.5 Å². The fourth-order valence-corrected chi connectivity index (χ4v) is 1.39. The molecule has 0 unspecified atom stereocenters. The number of nitrogens with one attached hydrogen (secondary N) is 2. The number of hydrogen-bond acceptors (Lipinski definition) is 4. The van der Waals surface area contributed by atoms with E-state index in [1.807, 2.05) is 0 Å². The molecule has 0 atom stereocenters. The number of carbonyl (C=O) groups is 1. The zero-order valence-electron chi connectivity index (χ0n) is 11.2. The number of aryl methyl sites for hydroxylation is 1. The van der Waals surface area contributed by atoms with Crippen LogP contribution in [0.4, 0.5) is 5.69 Å². The Balaban J connectivity index is 2.20. The van der Waals surface area contributed by atoms with Gasteiger partial charge < -0.3 is 15.8 Å². The fraction of sp³-hybridized carbons (Fsp3) is 0.667. The van der Waals surface area contributed by atoms with Crippen LogP contribution >= 0.6 is 0 Å². The molecule has 1 rings (SSSR count). The quantitative estimate of drug-likeness (QED) is 0.635. The van der Waals surface area contributed by atoms with Crippen molar-refractivity contribution in [2.45, 2.75) is 27.2 Å².